The Morgan fingerprint density at radius 3 is 2.80 bits per heavy atom. The molecule has 3 rings (SSSR count). The number of hydrogen-bond donors (Lipinski definition) is 2. The van der Waals surface area contributed by atoms with Gasteiger partial charge < -0.3 is 24.6 Å². The van der Waals surface area contributed by atoms with Gasteiger partial charge in [-0.3, -0.25) is 9.78 Å². The Morgan fingerprint density at radius 1 is 1.36 bits per heavy atom. The molecule has 0 radical (unpaired) electrons. The van der Waals surface area contributed by atoms with Crippen molar-refractivity contribution in [3.63, 3.8) is 0 Å². The molecule has 0 bridgehead atoms. The van der Waals surface area contributed by atoms with Gasteiger partial charge in [-0.25, -0.2) is 4.79 Å². The summed E-state index contributed by atoms with van der Waals surface area (Å²) in [5.41, 5.74) is 1.45. The molecule has 3 heterocycles. The first-order valence-electron chi connectivity index (χ1n) is 8.32. The normalized spacial score (nSPS) is 16.0. The highest BCUT2D eigenvalue weighted by Crippen LogP contribution is 2.17. The first kappa shape index (κ1) is 17.2. The molecule has 1 aliphatic heterocycles. The van der Waals surface area contributed by atoms with Crippen molar-refractivity contribution < 1.29 is 14.6 Å². The summed E-state index contributed by atoms with van der Waals surface area (Å²) in [6.07, 6.45) is 2.23. The van der Waals surface area contributed by atoms with Crippen LogP contribution in [-0.4, -0.2) is 58.4 Å². The number of piperidine rings is 1. The number of ether oxygens (including phenoxy) is 1. The number of methoxy groups -OCH3 is 1. The van der Waals surface area contributed by atoms with Crippen molar-refractivity contribution in [1.82, 2.24) is 19.8 Å². The number of nitrogens with zero attached hydrogens (tertiary/aromatic N) is 3. The number of nitrogens with one attached hydrogen (secondary N) is 1. The first-order chi connectivity index (χ1) is 12.1. The van der Waals surface area contributed by atoms with Gasteiger partial charge in [0.2, 0.25) is 0 Å². The van der Waals surface area contributed by atoms with Gasteiger partial charge in [-0.15, -0.1) is 0 Å². The van der Waals surface area contributed by atoms with Crippen LogP contribution in [0.3, 0.4) is 0 Å². The molecule has 25 heavy (non-hydrogen) atoms. The molecule has 2 N–H and O–H groups in total. The SMILES string of the molecule is COc1cnc2ccc(=O)n(CCN3CCC(NC(=O)O)CC3)c2c1. The fourth-order valence-electron chi connectivity index (χ4n) is 3.21. The third-order valence-electron chi connectivity index (χ3n) is 4.60. The molecule has 1 saturated heterocycles. The van der Waals surface area contributed by atoms with Crippen LogP contribution in [0.1, 0.15) is 12.8 Å². The van der Waals surface area contributed by atoms with Gasteiger partial charge in [-0.2, -0.15) is 0 Å². The molecule has 2 aromatic heterocycles. The van der Waals surface area contributed by atoms with Crippen LogP contribution < -0.4 is 15.6 Å². The molecule has 0 aliphatic carbocycles. The number of rotatable bonds is 5. The summed E-state index contributed by atoms with van der Waals surface area (Å²) in [6.45, 7) is 2.91. The first-order valence-corrected chi connectivity index (χ1v) is 8.32. The van der Waals surface area contributed by atoms with Gasteiger partial charge in [0, 0.05) is 44.4 Å². The maximum atomic E-state index is 12.3. The predicted molar refractivity (Wildman–Crippen MR) is 93.2 cm³/mol. The molecular formula is C17H22N4O4. The van der Waals surface area contributed by atoms with Crippen LogP contribution in [0.15, 0.2) is 29.2 Å². The molecule has 134 valence electrons. The van der Waals surface area contributed by atoms with Crippen LogP contribution in [0.5, 0.6) is 5.75 Å². The van der Waals surface area contributed by atoms with Crippen LogP contribution in [0, 0.1) is 0 Å². The van der Waals surface area contributed by atoms with Crippen molar-refractivity contribution in [2.45, 2.75) is 25.4 Å². The Hall–Kier alpha value is -2.61. The number of fused-ring (bicyclic) bond motifs is 1. The smallest absolute Gasteiger partial charge is 0.404 e. The fourth-order valence-corrected chi connectivity index (χ4v) is 3.21. The van der Waals surface area contributed by atoms with E-state index in [1.54, 1.807) is 23.9 Å². The number of aromatic nitrogens is 2. The van der Waals surface area contributed by atoms with E-state index in [0.29, 0.717) is 12.3 Å². The van der Waals surface area contributed by atoms with Gasteiger partial charge in [0.15, 0.2) is 0 Å². The summed E-state index contributed by atoms with van der Waals surface area (Å²) < 4.78 is 6.93. The summed E-state index contributed by atoms with van der Waals surface area (Å²) in [5, 5.41) is 11.3. The quantitative estimate of drug-likeness (QED) is 0.843. The van der Waals surface area contributed by atoms with E-state index in [9.17, 15) is 9.59 Å². The molecule has 1 aliphatic rings. The second kappa shape index (κ2) is 7.52. The van der Waals surface area contributed by atoms with E-state index in [-0.39, 0.29) is 11.6 Å². The Morgan fingerprint density at radius 2 is 2.12 bits per heavy atom. The lowest BCUT2D eigenvalue weighted by molar-refractivity contribution is 0.166. The molecule has 0 aromatic carbocycles. The number of amides is 1. The van der Waals surface area contributed by atoms with Crippen molar-refractivity contribution in [2.24, 2.45) is 0 Å². The van der Waals surface area contributed by atoms with E-state index in [4.69, 9.17) is 9.84 Å². The molecule has 1 amide bonds. The van der Waals surface area contributed by atoms with Crippen molar-refractivity contribution in [3.05, 3.63) is 34.7 Å². The van der Waals surface area contributed by atoms with Gasteiger partial charge >= 0.3 is 6.09 Å². The highest BCUT2D eigenvalue weighted by molar-refractivity contribution is 5.75. The van der Waals surface area contributed by atoms with Crippen molar-refractivity contribution >= 4 is 17.1 Å². The molecular weight excluding hydrogens is 324 g/mol. The molecule has 1 fully saturated rings. The van der Waals surface area contributed by atoms with E-state index >= 15 is 0 Å². The number of carbonyl (C=O) groups is 1. The summed E-state index contributed by atoms with van der Waals surface area (Å²) in [5.74, 6) is 0.618. The zero-order chi connectivity index (χ0) is 17.8. The Bertz CT molecular complexity index is 812. The maximum absolute atomic E-state index is 12.3. The lowest BCUT2D eigenvalue weighted by atomic mass is 10.1. The second-order valence-electron chi connectivity index (χ2n) is 6.17. The molecule has 2 aromatic rings. The minimum absolute atomic E-state index is 0.0162. The van der Waals surface area contributed by atoms with Gasteiger partial charge in [0.25, 0.3) is 5.56 Å². The summed E-state index contributed by atoms with van der Waals surface area (Å²) >= 11 is 0. The molecule has 0 saturated carbocycles. The minimum Gasteiger partial charge on any atom is -0.495 e. The van der Waals surface area contributed by atoms with Crippen molar-refractivity contribution in [3.8, 4) is 5.75 Å². The topological polar surface area (TPSA) is 96.7 Å². The Balaban J connectivity index is 1.68. The average Bonchev–Trinajstić information content (AvgIpc) is 2.61. The summed E-state index contributed by atoms with van der Waals surface area (Å²) in [6, 6.07) is 5.09. The third-order valence-corrected chi connectivity index (χ3v) is 4.60. The van der Waals surface area contributed by atoms with Gasteiger partial charge in [-0.1, -0.05) is 0 Å². The summed E-state index contributed by atoms with van der Waals surface area (Å²) in [7, 11) is 1.57. The van der Waals surface area contributed by atoms with E-state index in [1.165, 1.54) is 6.07 Å². The third kappa shape index (κ3) is 4.08. The Labute approximate surface area is 145 Å². The summed E-state index contributed by atoms with van der Waals surface area (Å²) in [4.78, 5) is 29.5. The Kier molecular flexibility index (Phi) is 5.18. The number of pyridine rings is 2. The monoisotopic (exact) mass is 346 g/mol. The lowest BCUT2D eigenvalue weighted by Crippen LogP contribution is -2.45. The van der Waals surface area contributed by atoms with Gasteiger partial charge in [0.05, 0.1) is 24.3 Å². The molecule has 8 nitrogen and oxygen atoms in total. The second-order valence-corrected chi connectivity index (χ2v) is 6.17. The highest BCUT2D eigenvalue weighted by Gasteiger charge is 2.20. The minimum atomic E-state index is -0.970. The van der Waals surface area contributed by atoms with Crippen LogP contribution in [-0.2, 0) is 6.54 Å². The predicted octanol–water partition coefficient (Wildman–Crippen LogP) is 1.14. The van der Waals surface area contributed by atoms with Gasteiger partial charge in [0.1, 0.15) is 5.75 Å². The zero-order valence-electron chi connectivity index (χ0n) is 14.1. The molecule has 0 atom stereocenters. The van der Waals surface area contributed by atoms with Crippen LogP contribution in [0.4, 0.5) is 4.79 Å². The van der Waals surface area contributed by atoms with Crippen molar-refractivity contribution in [1.29, 1.82) is 0 Å². The lowest BCUT2D eigenvalue weighted by Gasteiger charge is -2.31. The molecule has 0 spiro atoms. The van der Waals surface area contributed by atoms with Crippen LogP contribution in [0.25, 0.3) is 11.0 Å². The van der Waals surface area contributed by atoms with Gasteiger partial charge in [-0.05, 0) is 18.9 Å². The zero-order valence-corrected chi connectivity index (χ0v) is 14.1. The largest absolute Gasteiger partial charge is 0.495 e. The van der Waals surface area contributed by atoms with Crippen LogP contribution >= 0.6 is 0 Å². The van der Waals surface area contributed by atoms with Crippen LogP contribution in [0.2, 0.25) is 0 Å². The van der Waals surface area contributed by atoms with E-state index < -0.39 is 6.09 Å². The fraction of sp³-hybridized carbons (Fsp3) is 0.471. The molecule has 0 unspecified atom stereocenters. The number of carboxylic acid groups (broad SMARTS) is 1. The average molecular weight is 346 g/mol. The molecule has 8 heteroatoms. The maximum Gasteiger partial charge on any atom is 0.404 e. The van der Waals surface area contributed by atoms with Crippen molar-refractivity contribution in [2.75, 3.05) is 26.7 Å². The van der Waals surface area contributed by atoms with E-state index in [2.05, 4.69) is 15.2 Å². The standard InChI is InChI=1S/C17H22N4O4/c1-25-13-10-15-14(18-11-13)2-3-16(22)21(15)9-8-20-6-4-12(5-7-20)19-17(23)24/h2-3,10-12,19H,4-9H2,1H3,(H,23,24). The number of hydrogen-bond acceptors (Lipinski definition) is 5. The number of likely N-dealkylation sites (tertiary alicyclic amines) is 1. The highest BCUT2D eigenvalue weighted by atomic mass is 16.5. The van der Waals surface area contributed by atoms with E-state index in [0.717, 1.165) is 43.5 Å². The van der Waals surface area contributed by atoms with E-state index in [1.807, 2.05) is 6.07 Å².